The maximum Gasteiger partial charge on any atom is 0.227 e. The van der Waals surface area contributed by atoms with Gasteiger partial charge in [-0.25, -0.2) is 4.98 Å². The Hall–Kier alpha value is -2.18. The summed E-state index contributed by atoms with van der Waals surface area (Å²) in [5.41, 5.74) is 1.03. The minimum Gasteiger partial charge on any atom is -0.342 e. The lowest BCUT2D eigenvalue weighted by Crippen LogP contribution is -2.39. The van der Waals surface area contributed by atoms with Crippen LogP contribution >= 0.6 is 0 Å². The van der Waals surface area contributed by atoms with Crippen molar-refractivity contribution in [3.05, 3.63) is 29.4 Å². The average Bonchev–Trinajstić information content (AvgIpc) is 3.19. The lowest BCUT2D eigenvalue weighted by atomic mass is 9.96. The Kier molecular flexibility index (Phi) is 5.20. The summed E-state index contributed by atoms with van der Waals surface area (Å²) in [5.74, 6) is 3.02. The highest BCUT2D eigenvalue weighted by Crippen LogP contribution is 2.26. The molecule has 1 aliphatic rings. The third-order valence-electron chi connectivity index (χ3n) is 4.72. The first kappa shape index (κ1) is 17.6. The fraction of sp³-hybridized carbons (Fsp3) is 0.667. The van der Waals surface area contributed by atoms with Crippen molar-refractivity contribution in [2.24, 2.45) is 7.05 Å². The van der Waals surface area contributed by atoms with E-state index in [1.807, 2.05) is 38.9 Å². The minimum atomic E-state index is 0.153. The monoisotopic (exact) mass is 345 g/mol. The van der Waals surface area contributed by atoms with Gasteiger partial charge in [0.1, 0.15) is 5.82 Å². The first-order valence-electron chi connectivity index (χ1n) is 9.04. The average molecular weight is 345 g/mol. The fourth-order valence-electron chi connectivity index (χ4n) is 3.40. The van der Waals surface area contributed by atoms with Crippen LogP contribution in [0.5, 0.6) is 0 Å². The van der Waals surface area contributed by atoms with Gasteiger partial charge in [0.25, 0.3) is 0 Å². The molecule has 7 nitrogen and oxygen atoms in total. The lowest BCUT2D eigenvalue weighted by Gasteiger charge is -2.32. The van der Waals surface area contributed by atoms with Crippen LogP contribution in [-0.4, -0.2) is 43.6 Å². The van der Waals surface area contributed by atoms with Gasteiger partial charge in [0.2, 0.25) is 11.8 Å². The molecule has 2 aromatic rings. The van der Waals surface area contributed by atoms with E-state index >= 15 is 0 Å². The first-order chi connectivity index (χ1) is 11.9. The molecule has 136 valence electrons. The van der Waals surface area contributed by atoms with Gasteiger partial charge in [-0.15, -0.1) is 0 Å². The Morgan fingerprint density at radius 2 is 2.20 bits per heavy atom. The molecular weight excluding hydrogens is 318 g/mol. The molecular formula is C18H27N5O2. The fourth-order valence-corrected chi connectivity index (χ4v) is 3.40. The molecule has 0 saturated carbocycles. The van der Waals surface area contributed by atoms with E-state index in [1.165, 1.54) is 0 Å². The molecule has 2 aromatic heterocycles. The zero-order valence-corrected chi connectivity index (χ0v) is 15.5. The summed E-state index contributed by atoms with van der Waals surface area (Å²) in [4.78, 5) is 23.5. The maximum atomic E-state index is 12.6. The second-order valence-electron chi connectivity index (χ2n) is 7.23. The van der Waals surface area contributed by atoms with E-state index in [0.29, 0.717) is 30.5 Å². The summed E-state index contributed by atoms with van der Waals surface area (Å²) in [7, 11) is 2.03. The van der Waals surface area contributed by atoms with Crippen LogP contribution in [0, 0.1) is 6.92 Å². The van der Waals surface area contributed by atoms with Crippen LogP contribution in [0.15, 0.2) is 10.7 Å². The molecule has 1 amide bonds. The van der Waals surface area contributed by atoms with Crippen molar-refractivity contribution in [1.82, 2.24) is 24.6 Å². The molecule has 0 radical (unpaired) electrons. The highest BCUT2D eigenvalue weighted by molar-refractivity contribution is 5.76. The van der Waals surface area contributed by atoms with Gasteiger partial charge in [0.15, 0.2) is 5.82 Å². The zero-order chi connectivity index (χ0) is 18.0. The number of hydrogen-bond acceptors (Lipinski definition) is 5. The van der Waals surface area contributed by atoms with E-state index in [4.69, 9.17) is 4.52 Å². The zero-order valence-electron chi connectivity index (χ0n) is 15.5. The van der Waals surface area contributed by atoms with Crippen molar-refractivity contribution < 1.29 is 9.32 Å². The number of hydrogen-bond donors (Lipinski definition) is 0. The number of nitrogens with zero attached hydrogens (tertiary/aromatic N) is 5. The van der Waals surface area contributed by atoms with E-state index in [1.54, 1.807) is 0 Å². The summed E-state index contributed by atoms with van der Waals surface area (Å²) in [6, 6.07) is 0. The topological polar surface area (TPSA) is 77.0 Å². The quantitative estimate of drug-likeness (QED) is 0.832. The lowest BCUT2D eigenvalue weighted by molar-refractivity contribution is -0.132. The van der Waals surface area contributed by atoms with Gasteiger partial charge in [0.05, 0.1) is 5.69 Å². The molecule has 1 saturated heterocycles. The number of aromatic nitrogens is 4. The second kappa shape index (κ2) is 7.37. The molecule has 0 spiro atoms. The van der Waals surface area contributed by atoms with Crippen LogP contribution in [0.2, 0.25) is 0 Å². The Balaban J connectivity index is 1.57. The summed E-state index contributed by atoms with van der Waals surface area (Å²) < 4.78 is 7.31. The van der Waals surface area contributed by atoms with Crippen molar-refractivity contribution >= 4 is 5.91 Å². The van der Waals surface area contributed by atoms with Crippen molar-refractivity contribution in [2.75, 3.05) is 13.1 Å². The van der Waals surface area contributed by atoms with Crippen LogP contribution in [0.4, 0.5) is 0 Å². The van der Waals surface area contributed by atoms with Crippen LogP contribution in [0.25, 0.3) is 0 Å². The van der Waals surface area contributed by atoms with E-state index < -0.39 is 0 Å². The summed E-state index contributed by atoms with van der Waals surface area (Å²) in [5, 5.41) is 3.95. The first-order valence-corrected chi connectivity index (χ1v) is 9.04. The third kappa shape index (κ3) is 4.08. The van der Waals surface area contributed by atoms with Gasteiger partial charge in [-0.1, -0.05) is 19.0 Å². The number of carbonyl (C=O) groups excluding carboxylic acids is 1. The van der Waals surface area contributed by atoms with Crippen molar-refractivity contribution in [3.63, 3.8) is 0 Å². The third-order valence-corrected chi connectivity index (χ3v) is 4.72. The molecule has 0 unspecified atom stereocenters. The molecule has 1 fully saturated rings. The van der Waals surface area contributed by atoms with Gasteiger partial charge < -0.3 is 14.0 Å². The molecule has 0 aliphatic carbocycles. The summed E-state index contributed by atoms with van der Waals surface area (Å²) in [6.45, 7) is 7.61. The predicted molar refractivity (Wildman–Crippen MR) is 93.2 cm³/mol. The number of piperidine rings is 1. The van der Waals surface area contributed by atoms with E-state index in [2.05, 4.69) is 19.7 Å². The number of aryl methyl sites for hydroxylation is 3. The van der Waals surface area contributed by atoms with Crippen molar-refractivity contribution in [2.45, 2.75) is 58.3 Å². The number of likely N-dealkylation sites (tertiary alicyclic amines) is 1. The van der Waals surface area contributed by atoms with Gasteiger partial charge in [-0.3, -0.25) is 4.79 Å². The van der Waals surface area contributed by atoms with E-state index in [9.17, 15) is 4.79 Å². The Morgan fingerprint density at radius 3 is 2.84 bits per heavy atom. The SMILES string of the molecule is Cc1cn(C)c([C@@H]2CCCN(C(=O)CCc3nc(C(C)C)no3)C2)n1. The van der Waals surface area contributed by atoms with E-state index in [0.717, 1.165) is 37.4 Å². The molecule has 7 heteroatoms. The number of amides is 1. The number of carbonyl (C=O) groups is 1. The number of imidazole rings is 1. The van der Waals surface area contributed by atoms with Crippen molar-refractivity contribution in [1.29, 1.82) is 0 Å². The second-order valence-corrected chi connectivity index (χ2v) is 7.23. The highest BCUT2D eigenvalue weighted by atomic mass is 16.5. The van der Waals surface area contributed by atoms with Crippen LogP contribution < -0.4 is 0 Å². The van der Waals surface area contributed by atoms with Crippen LogP contribution in [0.1, 0.15) is 68.2 Å². The van der Waals surface area contributed by atoms with Crippen molar-refractivity contribution in [3.8, 4) is 0 Å². The smallest absolute Gasteiger partial charge is 0.227 e. The molecule has 0 bridgehead atoms. The Morgan fingerprint density at radius 1 is 1.40 bits per heavy atom. The van der Waals surface area contributed by atoms with E-state index in [-0.39, 0.29) is 11.8 Å². The Labute approximate surface area is 148 Å². The highest BCUT2D eigenvalue weighted by Gasteiger charge is 2.27. The van der Waals surface area contributed by atoms with Gasteiger partial charge in [-0.05, 0) is 19.8 Å². The minimum absolute atomic E-state index is 0.153. The molecule has 1 aliphatic heterocycles. The summed E-state index contributed by atoms with van der Waals surface area (Å²) >= 11 is 0. The molecule has 1 atom stereocenters. The van der Waals surface area contributed by atoms with Gasteiger partial charge in [0, 0.05) is 51.0 Å². The van der Waals surface area contributed by atoms with Crippen LogP contribution in [-0.2, 0) is 18.3 Å². The van der Waals surface area contributed by atoms with Crippen LogP contribution in [0.3, 0.4) is 0 Å². The molecule has 3 rings (SSSR count). The molecule has 0 N–H and O–H groups in total. The predicted octanol–water partition coefficient (Wildman–Crippen LogP) is 2.57. The van der Waals surface area contributed by atoms with Gasteiger partial charge in [-0.2, -0.15) is 4.98 Å². The largest absolute Gasteiger partial charge is 0.342 e. The molecule has 3 heterocycles. The van der Waals surface area contributed by atoms with Gasteiger partial charge >= 0.3 is 0 Å². The molecule has 0 aromatic carbocycles. The Bertz CT molecular complexity index is 734. The normalized spacial score (nSPS) is 18.1. The number of rotatable bonds is 5. The molecule has 25 heavy (non-hydrogen) atoms. The maximum absolute atomic E-state index is 12.6. The summed E-state index contributed by atoms with van der Waals surface area (Å²) in [6.07, 6.45) is 5.04. The standard InChI is InChI=1S/C18H27N5O2/c1-12(2)17-20-15(25-21-17)7-8-16(24)23-9-5-6-14(11-23)18-19-13(3)10-22(18)4/h10,12,14H,5-9,11H2,1-4H3/t14-/m1/s1.